The van der Waals surface area contributed by atoms with Crippen LogP contribution in [0.4, 0.5) is 5.69 Å². The molecule has 0 bridgehead atoms. The van der Waals surface area contributed by atoms with Gasteiger partial charge < -0.3 is 14.3 Å². The van der Waals surface area contributed by atoms with Crippen molar-refractivity contribution in [3.05, 3.63) is 138 Å². The number of pyridine rings is 1. The van der Waals surface area contributed by atoms with E-state index in [1.807, 2.05) is 48.5 Å². The zero-order valence-electron chi connectivity index (χ0n) is 20.2. The second-order valence-corrected chi connectivity index (χ2v) is 8.87. The number of para-hydroxylation sites is 1. The first-order chi connectivity index (χ1) is 18.6. The first-order valence-corrected chi connectivity index (χ1v) is 12.1. The maximum atomic E-state index is 13.7. The predicted octanol–water partition coefficient (Wildman–Crippen LogP) is 6.19. The fourth-order valence-corrected chi connectivity index (χ4v) is 4.63. The number of nitrogens with zero attached hydrogens (tertiary/aromatic N) is 2. The van der Waals surface area contributed by atoms with Crippen molar-refractivity contribution in [3.8, 4) is 5.75 Å². The maximum Gasteiger partial charge on any atom is 0.294 e. The monoisotopic (exact) mass is 502 g/mol. The molecule has 7 nitrogen and oxygen atoms in total. The third-order valence-electron chi connectivity index (χ3n) is 6.47. The second-order valence-electron chi connectivity index (χ2n) is 8.87. The van der Waals surface area contributed by atoms with Gasteiger partial charge in [0.2, 0.25) is 5.78 Å². The van der Waals surface area contributed by atoms with Gasteiger partial charge in [0.05, 0.1) is 11.6 Å². The second kappa shape index (κ2) is 9.71. The van der Waals surface area contributed by atoms with E-state index >= 15 is 0 Å². The normalized spacial score (nSPS) is 15.3. The van der Waals surface area contributed by atoms with Gasteiger partial charge in [-0.15, -0.1) is 0 Å². The number of aromatic nitrogens is 1. The van der Waals surface area contributed by atoms with Crippen LogP contribution in [0.2, 0.25) is 0 Å². The molecule has 1 atom stereocenters. The Morgan fingerprint density at radius 2 is 1.71 bits per heavy atom. The number of aliphatic hydroxyl groups is 1. The summed E-state index contributed by atoms with van der Waals surface area (Å²) in [6, 6.07) is 28.2. The summed E-state index contributed by atoms with van der Waals surface area (Å²) in [5, 5.41) is 11.7. The van der Waals surface area contributed by atoms with E-state index in [-0.39, 0.29) is 11.3 Å². The Morgan fingerprint density at radius 3 is 2.45 bits per heavy atom. The van der Waals surface area contributed by atoms with Gasteiger partial charge in [-0.2, -0.15) is 0 Å². The van der Waals surface area contributed by atoms with E-state index in [0.29, 0.717) is 29.2 Å². The number of ether oxygens (including phenoxy) is 1. The molecule has 1 N–H and O–H groups in total. The van der Waals surface area contributed by atoms with E-state index in [1.165, 1.54) is 4.90 Å². The van der Waals surface area contributed by atoms with Crippen LogP contribution in [0.5, 0.6) is 5.75 Å². The lowest BCUT2D eigenvalue weighted by Gasteiger charge is -2.26. The van der Waals surface area contributed by atoms with Crippen molar-refractivity contribution >= 4 is 28.3 Å². The lowest BCUT2D eigenvalue weighted by molar-refractivity contribution is -0.117. The molecule has 3 aromatic carbocycles. The summed E-state index contributed by atoms with van der Waals surface area (Å²) in [4.78, 5) is 32.6. The van der Waals surface area contributed by atoms with Crippen molar-refractivity contribution in [1.29, 1.82) is 0 Å². The van der Waals surface area contributed by atoms with Crippen molar-refractivity contribution in [2.24, 2.45) is 0 Å². The molecular weight excluding hydrogens is 480 g/mol. The largest absolute Gasteiger partial charge is 0.503 e. The minimum Gasteiger partial charge on any atom is -0.503 e. The van der Waals surface area contributed by atoms with Gasteiger partial charge in [0.15, 0.2) is 11.5 Å². The van der Waals surface area contributed by atoms with Gasteiger partial charge in [-0.25, -0.2) is 0 Å². The van der Waals surface area contributed by atoms with Crippen LogP contribution >= 0.6 is 0 Å². The number of amides is 1. The molecule has 0 saturated carbocycles. The van der Waals surface area contributed by atoms with Gasteiger partial charge >= 0.3 is 0 Å². The highest BCUT2D eigenvalue weighted by Crippen LogP contribution is 2.42. The quantitative estimate of drug-likeness (QED) is 0.267. The summed E-state index contributed by atoms with van der Waals surface area (Å²) >= 11 is 0. The number of benzene rings is 3. The number of rotatable bonds is 7. The highest BCUT2D eigenvalue weighted by Gasteiger charge is 2.45. The van der Waals surface area contributed by atoms with Gasteiger partial charge in [-0.1, -0.05) is 54.6 Å². The summed E-state index contributed by atoms with van der Waals surface area (Å²) < 4.78 is 11.6. The molecule has 0 radical (unpaired) electrons. The molecule has 0 aliphatic carbocycles. The van der Waals surface area contributed by atoms with Crippen molar-refractivity contribution in [1.82, 2.24) is 4.98 Å². The fourth-order valence-electron chi connectivity index (χ4n) is 4.63. The number of fused-ring (bicyclic) bond motifs is 1. The van der Waals surface area contributed by atoms with E-state index in [4.69, 9.17) is 9.15 Å². The minimum absolute atomic E-state index is 0.0425. The average Bonchev–Trinajstić information content (AvgIpc) is 3.52. The third kappa shape index (κ3) is 4.20. The molecule has 3 heterocycles. The van der Waals surface area contributed by atoms with Crippen molar-refractivity contribution < 1.29 is 23.8 Å². The number of carbonyl (C=O) groups is 2. The van der Waals surface area contributed by atoms with Crippen LogP contribution in [-0.4, -0.2) is 21.8 Å². The number of ketones is 1. The summed E-state index contributed by atoms with van der Waals surface area (Å²) in [6.07, 6.45) is 3.18. The van der Waals surface area contributed by atoms with Crippen LogP contribution in [-0.2, 0) is 11.4 Å². The molecule has 1 unspecified atom stereocenters. The minimum atomic E-state index is -0.895. The molecule has 1 aliphatic heterocycles. The predicted molar refractivity (Wildman–Crippen MR) is 142 cm³/mol. The van der Waals surface area contributed by atoms with Crippen LogP contribution in [0, 0.1) is 0 Å². The maximum absolute atomic E-state index is 13.7. The van der Waals surface area contributed by atoms with Crippen LogP contribution in [0.1, 0.15) is 27.7 Å². The molecule has 6 rings (SSSR count). The van der Waals surface area contributed by atoms with Crippen molar-refractivity contribution in [3.63, 3.8) is 0 Å². The topological polar surface area (TPSA) is 92.9 Å². The molecule has 5 aromatic rings. The molecule has 1 amide bonds. The molecule has 7 heteroatoms. The van der Waals surface area contributed by atoms with E-state index in [0.717, 1.165) is 10.9 Å². The molecule has 38 heavy (non-hydrogen) atoms. The Balaban J connectivity index is 1.34. The number of hydrogen-bond donors (Lipinski definition) is 1. The Labute approximate surface area is 218 Å². The number of furan rings is 1. The van der Waals surface area contributed by atoms with Gasteiger partial charge in [0.1, 0.15) is 17.9 Å². The smallest absolute Gasteiger partial charge is 0.294 e. The van der Waals surface area contributed by atoms with Gasteiger partial charge in [0, 0.05) is 23.5 Å². The van der Waals surface area contributed by atoms with Crippen LogP contribution in [0.25, 0.3) is 11.0 Å². The highest BCUT2D eigenvalue weighted by molar-refractivity contribution is 6.20. The molecular formula is C31H22N2O5. The molecule has 0 fully saturated rings. The Hall–Kier alpha value is -5.17. The average molecular weight is 503 g/mol. The molecule has 2 aromatic heterocycles. The van der Waals surface area contributed by atoms with Gasteiger partial charge in [-0.05, 0) is 53.6 Å². The number of anilines is 1. The SMILES string of the molecule is O=C(C1=C(O)C(=O)N(c2ccc(OCc3ccccc3)cc2)C1c1cccnc1)c1cc2ccccc2o1. The molecule has 1 aliphatic rings. The van der Waals surface area contributed by atoms with E-state index in [9.17, 15) is 14.7 Å². The van der Waals surface area contributed by atoms with Crippen LogP contribution in [0.3, 0.4) is 0 Å². The highest BCUT2D eigenvalue weighted by atomic mass is 16.5. The lowest BCUT2D eigenvalue weighted by atomic mass is 9.96. The first-order valence-electron chi connectivity index (χ1n) is 12.1. The van der Waals surface area contributed by atoms with Crippen molar-refractivity contribution in [2.45, 2.75) is 12.6 Å². The van der Waals surface area contributed by atoms with Crippen LogP contribution in [0.15, 0.2) is 125 Å². The standard InChI is InChI=1S/C31H22N2O5/c34-29(26-17-21-9-4-5-11-25(21)38-26)27-28(22-10-6-16-32-18-22)33(31(36)30(27)35)23-12-14-24(15-13-23)37-19-20-7-2-1-3-8-20/h1-18,28,35H,19H2. The zero-order chi connectivity index (χ0) is 26.1. The summed E-state index contributed by atoms with van der Waals surface area (Å²) in [5.41, 5.74) is 2.59. The Morgan fingerprint density at radius 1 is 0.947 bits per heavy atom. The summed E-state index contributed by atoms with van der Waals surface area (Å²) in [7, 11) is 0. The number of hydrogen-bond acceptors (Lipinski definition) is 6. The molecule has 0 saturated heterocycles. The Kier molecular flexibility index (Phi) is 5.94. The Bertz CT molecular complexity index is 1620. The van der Waals surface area contributed by atoms with E-state index in [2.05, 4.69) is 4.98 Å². The number of Topliss-reactive ketones (excluding diaryl/α,β-unsaturated/α-hetero) is 1. The number of carbonyl (C=O) groups excluding carboxylic acids is 2. The summed E-state index contributed by atoms with van der Waals surface area (Å²) in [5.74, 6) is -1.20. The van der Waals surface area contributed by atoms with E-state index in [1.54, 1.807) is 60.9 Å². The zero-order valence-corrected chi connectivity index (χ0v) is 20.2. The van der Waals surface area contributed by atoms with Gasteiger partial charge in [-0.3, -0.25) is 19.5 Å². The molecule has 0 spiro atoms. The first kappa shape index (κ1) is 23.2. The van der Waals surface area contributed by atoms with E-state index < -0.39 is 23.5 Å². The fraction of sp³-hybridized carbons (Fsp3) is 0.0645. The van der Waals surface area contributed by atoms with Gasteiger partial charge in [0.25, 0.3) is 5.91 Å². The third-order valence-corrected chi connectivity index (χ3v) is 6.47. The summed E-state index contributed by atoms with van der Waals surface area (Å²) in [6.45, 7) is 0.402. The lowest BCUT2D eigenvalue weighted by Crippen LogP contribution is -2.31. The van der Waals surface area contributed by atoms with Crippen LogP contribution < -0.4 is 9.64 Å². The van der Waals surface area contributed by atoms with Crippen molar-refractivity contribution in [2.75, 3.05) is 4.90 Å². The molecule has 186 valence electrons. The number of aliphatic hydroxyl groups excluding tert-OH is 1.